The van der Waals surface area contributed by atoms with Gasteiger partial charge in [-0.2, -0.15) is 4.39 Å². The molecule has 0 saturated heterocycles. The Morgan fingerprint density at radius 3 is 2.80 bits per heavy atom. The van der Waals surface area contributed by atoms with Gasteiger partial charge in [0.1, 0.15) is 5.82 Å². The molecule has 0 spiro atoms. The van der Waals surface area contributed by atoms with E-state index >= 15 is 0 Å². The molecule has 1 aromatic rings. The largest absolute Gasteiger partial charge is 0.383 e. The Bertz CT molecular complexity index is 258. The minimum Gasteiger partial charge on any atom is -0.383 e. The summed E-state index contributed by atoms with van der Waals surface area (Å²) in [5, 5.41) is 0. The quantitative estimate of drug-likeness (QED) is 0.596. The van der Waals surface area contributed by atoms with Gasteiger partial charge in [-0.3, -0.25) is 0 Å². The minimum absolute atomic E-state index is 0.176. The first-order valence-corrected chi connectivity index (χ1v) is 2.78. The number of nitrogen functional groups attached to an aromatic ring is 1. The number of pyridine rings is 1. The summed E-state index contributed by atoms with van der Waals surface area (Å²) in [6, 6.07) is 2.78. The molecule has 2 nitrogen and oxygen atoms in total. The minimum atomic E-state index is -0.567. The summed E-state index contributed by atoms with van der Waals surface area (Å²) in [5.74, 6) is -0.391. The number of aromatic nitrogens is 1. The number of anilines is 1. The summed E-state index contributed by atoms with van der Waals surface area (Å²) in [7, 11) is 0. The maximum Gasteiger partial charge on any atom is 0.214 e. The highest BCUT2D eigenvalue weighted by Crippen LogP contribution is 2.09. The normalized spacial score (nSPS) is 9.30. The van der Waals surface area contributed by atoms with Crippen LogP contribution >= 0.6 is 0 Å². The Morgan fingerprint density at radius 1 is 1.60 bits per heavy atom. The van der Waals surface area contributed by atoms with Crippen LogP contribution in [0.1, 0.15) is 5.56 Å². The predicted molar refractivity (Wildman–Crippen MR) is 38.7 cm³/mol. The van der Waals surface area contributed by atoms with Gasteiger partial charge in [-0.1, -0.05) is 12.7 Å². The van der Waals surface area contributed by atoms with Crippen LogP contribution in [0.25, 0.3) is 6.08 Å². The number of hydrogen-bond acceptors (Lipinski definition) is 2. The van der Waals surface area contributed by atoms with Crippen LogP contribution in [0, 0.1) is 5.95 Å². The first-order valence-electron chi connectivity index (χ1n) is 2.78. The molecule has 52 valence electrons. The Hall–Kier alpha value is -1.38. The fourth-order valence-corrected chi connectivity index (χ4v) is 0.633. The summed E-state index contributed by atoms with van der Waals surface area (Å²) >= 11 is 0. The lowest BCUT2D eigenvalue weighted by Gasteiger charge is -1.96. The monoisotopic (exact) mass is 138 g/mol. The SMILES string of the molecule is C=Cc1ccc(F)nc1N. The van der Waals surface area contributed by atoms with E-state index in [1.807, 2.05) is 0 Å². The Balaban J connectivity index is 3.19. The van der Waals surface area contributed by atoms with Crippen molar-refractivity contribution in [3.05, 3.63) is 30.2 Å². The summed E-state index contributed by atoms with van der Waals surface area (Å²) in [5.41, 5.74) is 5.96. The highest BCUT2D eigenvalue weighted by Gasteiger charge is 1.96. The maximum absolute atomic E-state index is 12.3. The molecule has 1 heterocycles. The van der Waals surface area contributed by atoms with E-state index in [4.69, 9.17) is 5.73 Å². The van der Waals surface area contributed by atoms with Crippen molar-refractivity contribution < 1.29 is 4.39 Å². The van der Waals surface area contributed by atoms with Crippen LogP contribution in [-0.2, 0) is 0 Å². The second-order valence-electron chi connectivity index (χ2n) is 1.81. The zero-order valence-corrected chi connectivity index (χ0v) is 5.34. The van der Waals surface area contributed by atoms with E-state index in [1.54, 1.807) is 0 Å². The first kappa shape index (κ1) is 6.74. The van der Waals surface area contributed by atoms with Gasteiger partial charge in [0.25, 0.3) is 0 Å². The molecule has 0 aliphatic heterocycles. The fourth-order valence-electron chi connectivity index (χ4n) is 0.633. The molecule has 0 aliphatic carbocycles. The van der Waals surface area contributed by atoms with Crippen LogP contribution in [0.3, 0.4) is 0 Å². The standard InChI is InChI=1S/C7H7FN2/c1-2-5-3-4-6(8)10-7(5)9/h2-4H,1H2,(H2,9,10). The van der Waals surface area contributed by atoms with Gasteiger partial charge in [0.05, 0.1) is 0 Å². The highest BCUT2D eigenvalue weighted by atomic mass is 19.1. The van der Waals surface area contributed by atoms with Gasteiger partial charge in [0, 0.05) is 5.56 Å². The van der Waals surface area contributed by atoms with Gasteiger partial charge >= 0.3 is 0 Å². The van der Waals surface area contributed by atoms with Crippen molar-refractivity contribution in [3.63, 3.8) is 0 Å². The second kappa shape index (κ2) is 2.47. The van der Waals surface area contributed by atoms with Crippen molar-refractivity contribution in [1.29, 1.82) is 0 Å². The van der Waals surface area contributed by atoms with Crippen molar-refractivity contribution >= 4 is 11.9 Å². The van der Waals surface area contributed by atoms with E-state index in [1.165, 1.54) is 18.2 Å². The lowest BCUT2D eigenvalue weighted by atomic mass is 10.2. The maximum atomic E-state index is 12.3. The van der Waals surface area contributed by atoms with Crippen molar-refractivity contribution in [2.45, 2.75) is 0 Å². The van der Waals surface area contributed by atoms with E-state index in [2.05, 4.69) is 11.6 Å². The van der Waals surface area contributed by atoms with E-state index < -0.39 is 5.95 Å². The third kappa shape index (κ3) is 1.13. The van der Waals surface area contributed by atoms with Crippen LogP contribution in [-0.4, -0.2) is 4.98 Å². The summed E-state index contributed by atoms with van der Waals surface area (Å²) in [4.78, 5) is 3.38. The third-order valence-electron chi connectivity index (χ3n) is 1.14. The second-order valence-corrected chi connectivity index (χ2v) is 1.81. The molecule has 0 atom stereocenters. The van der Waals surface area contributed by atoms with Gasteiger partial charge < -0.3 is 5.73 Å². The van der Waals surface area contributed by atoms with E-state index in [0.29, 0.717) is 5.56 Å². The van der Waals surface area contributed by atoms with E-state index in [0.717, 1.165) is 0 Å². The molecule has 0 fully saturated rings. The Kier molecular flexibility index (Phi) is 1.67. The van der Waals surface area contributed by atoms with Crippen LogP contribution in [0.2, 0.25) is 0 Å². The molecule has 1 aromatic heterocycles. The lowest BCUT2D eigenvalue weighted by molar-refractivity contribution is 0.585. The van der Waals surface area contributed by atoms with Gasteiger partial charge in [-0.15, -0.1) is 0 Å². The molecular weight excluding hydrogens is 131 g/mol. The molecule has 0 radical (unpaired) electrons. The number of rotatable bonds is 1. The number of nitrogens with two attached hydrogens (primary N) is 1. The van der Waals surface area contributed by atoms with E-state index in [-0.39, 0.29) is 5.82 Å². The third-order valence-corrected chi connectivity index (χ3v) is 1.14. The molecule has 0 aliphatic rings. The highest BCUT2D eigenvalue weighted by molar-refractivity contribution is 5.58. The molecule has 0 unspecified atom stereocenters. The zero-order chi connectivity index (χ0) is 7.56. The number of halogens is 1. The molecule has 0 aromatic carbocycles. The molecule has 1 rings (SSSR count). The topological polar surface area (TPSA) is 38.9 Å². The number of nitrogens with zero attached hydrogens (tertiary/aromatic N) is 1. The molecule has 0 saturated carbocycles. The smallest absolute Gasteiger partial charge is 0.214 e. The number of hydrogen-bond donors (Lipinski definition) is 1. The Morgan fingerprint density at radius 2 is 2.30 bits per heavy atom. The van der Waals surface area contributed by atoms with Gasteiger partial charge in [0.15, 0.2) is 0 Å². The summed E-state index contributed by atoms with van der Waals surface area (Å²) in [6.45, 7) is 3.48. The average Bonchev–Trinajstić information content (AvgIpc) is 1.88. The van der Waals surface area contributed by atoms with Crippen LogP contribution in [0.5, 0.6) is 0 Å². The molecular formula is C7H7FN2. The van der Waals surface area contributed by atoms with E-state index in [9.17, 15) is 4.39 Å². The lowest BCUT2D eigenvalue weighted by Crippen LogP contribution is -1.95. The fraction of sp³-hybridized carbons (Fsp3) is 0. The van der Waals surface area contributed by atoms with Crippen molar-refractivity contribution in [2.75, 3.05) is 5.73 Å². The molecule has 3 heteroatoms. The Labute approximate surface area is 58.2 Å². The molecule has 10 heavy (non-hydrogen) atoms. The van der Waals surface area contributed by atoms with Crippen LogP contribution < -0.4 is 5.73 Å². The van der Waals surface area contributed by atoms with Crippen molar-refractivity contribution in [2.24, 2.45) is 0 Å². The first-order chi connectivity index (χ1) is 4.74. The van der Waals surface area contributed by atoms with Crippen LogP contribution in [0.4, 0.5) is 10.2 Å². The summed E-state index contributed by atoms with van der Waals surface area (Å²) < 4.78 is 12.3. The van der Waals surface area contributed by atoms with Gasteiger partial charge in [0.2, 0.25) is 5.95 Å². The molecule has 0 bridgehead atoms. The predicted octanol–water partition coefficient (Wildman–Crippen LogP) is 1.45. The molecule has 2 N–H and O–H groups in total. The van der Waals surface area contributed by atoms with Gasteiger partial charge in [-0.05, 0) is 12.1 Å². The van der Waals surface area contributed by atoms with Gasteiger partial charge in [-0.25, -0.2) is 4.98 Å². The van der Waals surface area contributed by atoms with Crippen molar-refractivity contribution in [1.82, 2.24) is 4.98 Å². The van der Waals surface area contributed by atoms with Crippen molar-refractivity contribution in [3.8, 4) is 0 Å². The average molecular weight is 138 g/mol. The molecule has 0 amide bonds. The van der Waals surface area contributed by atoms with Crippen LogP contribution in [0.15, 0.2) is 18.7 Å². The zero-order valence-electron chi connectivity index (χ0n) is 5.34. The summed E-state index contributed by atoms with van der Waals surface area (Å²) in [6.07, 6.45) is 1.53.